The molecule has 0 unspecified atom stereocenters. The van der Waals surface area contributed by atoms with Crippen molar-refractivity contribution in [1.82, 2.24) is 0 Å². The van der Waals surface area contributed by atoms with Gasteiger partial charge in [-0.2, -0.15) is 5.26 Å². The third kappa shape index (κ3) is 4.87. The van der Waals surface area contributed by atoms with Crippen LogP contribution in [0.4, 0.5) is 5.69 Å². The summed E-state index contributed by atoms with van der Waals surface area (Å²) in [6.07, 6.45) is 4.54. The minimum atomic E-state index is -0.149. The highest BCUT2D eigenvalue weighted by atomic mass is 16.5. The molecule has 1 amide bonds. The van der Waals surface area contributed by atoms with Crippen molar-refractivity contribution in [3.63, 3.8) is 0 Å². The molecule has 1 aliphatic carbocycles. The van der Waals surface area contributed by atoms with Crippen molar-refractivity contribution in [2.24, 2.45) is 5.41 Å². The van der Waals surface area contributed by atoms with E-state index >= 15 is 0 Å². The lowest BCUT2D eigenvalue weighted by Gasteiger charge is -2.34. The lowest BCUT2D eigenvalue weighted by molar-refractivity contribution is -0.123. The van der Waals surface area contributed by atoms with Crippen LogP contribution in [0.15, 0.2) is 24.3 Å². The molecule has 1 aromatic carbocycles. The number of nitrogens with zero attached hydrogens (tertiary/aromatic N) is 1. The number of carbonyl (C=O) groups excluding carboxylic acids is 1. The first-order valence-electron chi connectivity index (χ1n) is 7.40. The van der Waals surface area contributed by atoms with E-state index < -0.39 is 0 Å². The van der Waals surface area contributed by atoms with E-state index in [1.54, 1.807) is 24.3 Å². The molecule has 4 nitrogen and oxygen atoms in total. The SMILES string of the molecule is CC1(C)CCC(OCC(=O)Nc2ccc(C#N)cc2)CC1. The number of hydrogen-bond acceptors (Lipinski definition) is 3. The van der Waals surface area contributed by atoms with Gasteiger partial charge in [-0.15, -0.1) is 0 Å². The van der Waals surface area contributed by atoms with E-state index in [0.29, 0.717) is 16.7 Å². The maximum atomic E-state index is 11.8. The fraction of sp³-hybridized carbons (Fsp3) is 0.529. The number of rotatable bonds is 4. The molecule has 0 aromatic heterocycles. The Kier molecular flexibility index (Phi) is 4.98. The number of amides is 1. The number of benzene rings is 1. The van der Waals surface area contributed by atoms with Gasteiger partial charge in [-0.3, -0.25) is 4.79 Å². The molecule has 0 radical (unpaired) electrons. The molecule has 1 fully saturated rings. The van der Waals surface area contributed by atoms with Crippen LogP contribution in [0.5, 0.6) is 0 Å². The van der Waals surface area contributed by atoms with Gasteiger partial charge in [0.25, 0.3) is 0 Å². The minimum absolute atomic E-state index is 0.0884. The molecule has 1 aromatic rings. The zero-order valence-electron chi connectivity index (χ0n) is 12.7. The van der Waals surface area contributed by atoms with Crippen LogP contribution in [0, 0.1) is 16.7 Å². The first-order valence-corrected chi connectivity index (χ1v) is 7.40. The number of nitrogens with one attached hydrogen (secondary N) is 1. The Balaban J connectivity index is 1.74. The zero-order valence-corrected chi connectivity index (χ0v) is 12.7. The predicted molar refractivity (Wildman–Crippen MR) is 81.8 cm³/mol. The Morgan fingerprint density at radius 2 is 1.95 bits per heavy atom. The Bertz CT molecular complexity index is 519. The topological polar surface area (TPSA) is 62.1 Å². The van der Waals surface area contributed by atoms with E-state index in [0.717, 1.165) is 25.7 Å². The van der Waals surface area contributed by atoms with Crippen molar-refractivity contribution in [2.45, 2.75) is 45.6 Å². The zero-order chi connectivity index (χ0) is 15.3. The van der Waals surface area contributed by atoms with E-state index in [4.69, 9.17) is 10.00 Å². The molecule has 1 aliphatic rings. The van der Waals surface area contributed by atoms with Gasteiger partial charge in [0.2, 0.25) is 5.91 Å². The van der Waals surface area contributed by atoms with Gasteiger partial charge in [-0.25, -0.2) is 0 Å². The summed E-state index contributed by atoms with van der Waals surface area (Å²) in [6, 6.07) is 8.85. The Labute approximate surface area is 126 Å². The average molecular weight is 286 g/mol. The molecule has 4 heteroatoms. The van der Waals surface area contributed by atoms with E-state index in [-0.39, 0.29) is 18.6 Å². The molecule has 0 spiro atoms. The smallest absolute Gasteiger partial charge is 0.250 e. The van der Waals surface area contributed by atoms with Crippen molar-refractivity contribution in [3.8, 4) is 6.07 Å². The molecule has 0 saturated heterocycles. The second-order valence-corrected chi connectivity index (χ2v) is 6.41. The van der Waals surface area contributed by atoms with Gasteiger partial charge in [-0.1, -0.05) is 13.8 Å². The van der Waals surface area contributed by atoms with Crippen LogP contribution in [-0.2, 0) is 9.53 Å². The molecule has 0 bridgehead atoms. The summed E-state index contributed by atoms with van der Waals surface area (Å²) < 4.78 is 5.69. The minimum Gasteiger partial charge on any atom is -0.368 e. The summed E-state index contributed by atoms with van der Waals surface area (Å²) in [5.41, 5.74) is 1.67. The summed E-state index contributed by atoms with van der Waals surface area (Å²) in [6.45, 7) is 4.65. The lowest BCUT2D eigenvalue weighted by Crippen LogP contribution is -2.29. The average Bonchev–Trinajstić information content (AvgIpc) is 2.47. The highest BCUT2D eigenvalue weighted by Crippen LogP contribution is 2.36. The molecular weight excluding hydrogens is 264 g/mol. The third-order valence-electron chi connectivity index (χ3n) is 4.03. The van der Waals surface area contributed by atoms with Crippen LogP contribution in [0.2, 0.25) is 0 Å². The number of carbonyl (C=O) groups is 1. The van der Waals surface area contributed by atoms with Crippen molar-refractivity contribution in [2.75, 3.05) is 11.9 Å². The second-order valence-electron chi connectivity index (χ2n) is 6.41. The summed E-state index contributed by atoms with van der Waals surface area (Å²) in [7, 11) is 0. The summed E-state index contributed by atoms with van der Waals surface area (Å²) in [4.78, 5) is 11.8. The molecule has 1 N–H and O–H groups in total. The summed E-state index contributed by atoms with van der Waals surface area (Å²) in [5, 5.41) is 11.5. The molecule has 0 heterocycles. The van der Waals surface area contributed by atoms with Crippen molar-refractivity contribution < 1.29 is 9.53 Å². The van der Waals surface area contributed by atoms with Gasteiger partial charge in [0.1, 0.15) is 6.61 Å². The van der Waals surface area contributed by atoms with Crippen LogP contribution >= 0.6 is 0 Å². The molecule has 2 rings (SSSR count). The van der Waals surface area contributed by atoms with E-state index in [1.807, 2.05) is 6.07 Å². The van der Waals surface area contributed by atoms with Crippen LogP contribution < -0.4 is 5.32 Å². The van der Waals surface area contributed by atoms with E-state index in [9.17, 15) is 4.79 Å². The summed E-state index contributed by atoms with van der Waals surface area (Å²) in [5.74, 6) is -0.149. The molecule has 112 valence electrons. The van der Waals surface area contributed by atoms with Crippen LogP contribution in [0.25, 0.3) is 0 Å². The summed E-state index contributed by atoms with van der Waals surface area (Å²) >= 11 is 0. The maximum absolute atomic E-state index is 11.8. The van der Waals surface area contributed by atoms with Gasteiger partial charge in [0, 0.05) is 5.69 Å². The van der Waals surface area contributed by atoms with Crippen molar-refractivity contribution in [3.05, 3.63) is 29.8 Å². The van der Waals surface area contributed by atoms with Gasteiger partial charge in [0.15, 0.2) is 0 Å². The quantitative estimate of drug-likeness (QED) is 0.921. The standard InChI is InChI=1S/C17H22N2O2/c1-17(2)9-7-15(8-10-17)21-12-16(20)19-14-5-3-13(11-18)4-6-14/h3-6,15H,7-10,12H2,1-2H3,(H,19,20). The Hall–Kier alpha value is -1.86. The maximum Gasteiger partial charge on any atom is 0.250 e. The van der Waals surface area contributed by atoms with Crippen molar-refractivity contribution in [1.29, 1.82) is 5.26 Å². The van der Waals surface area contributed by atoms with Gasteiger partial charge >= 0.3 is 0 Å². The van der Waals surface area contributed by atoms with Crippen LogP contribution in [0.1, 0.15) is 45.1 Å². The van der Waals surface area contributed by atoms with Crippen molar-refractivity contribution >= 4 is 11.6 Å². The third-order valence-corrected chi connectivity index (χ3v) is 4.03. The fourth-order valence-electron chi connectivity index (χ4n) is 2.56. The van der Waals surface area contributed by atoms with E-state index in [2.05, 4.69) is 19.2 Å². The highest BCUT2D eigenvalue weighted by molar-refractivity contribution is 5.91. The first kappa shape index (κ1) is 15.5. The number of nitriles is 1. The van der Waals surface area contributed by atoms with Crippen LogP contribution in [0.3, 0.4) is 0 Å². The molecule has 1 saturated carbocycles. The Morgan fingerprint density at radius 3 is 2.52 bits per heavy atom. The lowest BCUT2D eigenvalue weighted by atomic mass is 9.76. The molecule has 0 atom stereocenters. The number of hydrogen-bond donors (Lipinski definition) is 1. The fourth-order valence-corrected chi connectivity index (χ4v) is 2.56. The highest BCUT2D eigenvalue weighted by Gasteiger charge is 2.27. The Morgan fingerprint density at radius 1 is 1.33 bits per heavy atom. The monoisotopic (exact) mass is 286 g/mol. The van der Waals surface area contributed by atoms with E-state index in [1.165, 1.54) is 0 Å². The normalized spacial score (nSPS) is 18.0. The van der Waals surface area contributed by atoms with Gasteiger partial charge < -0.3 is 10.1 Å². The number of ether oxygens (including phenoxy) is 1. The first-order chi connectivity index (χ1) is 9.98. The molecule has 0 aliphatic heterocycles. The largest absolute Gasteiger partial charge is 0.368 e. The molecule has 21 heavy (non-hydrogen) atoms. The van der Waals surface area contributed by atoms with Gasteiger partial charge in [0.05, 0.1) is 17.7 Å². The second kappa shape index (κ2) is 6.73. The van der Waals surface area contributed by atoms with Crippen LogP contribution in [-0.4, -0.2) is 18.6 Å². The van der Waals surface area contributed by atoms with Gasteiger partial charge in [-0.05, 0) is 55.4 Å². The molecular formula is C17H22N2O2. The number of anilines is 1. The predicted octanol–water partition coefficient (Wildman–Crippen LogP) is 3.48.